The Morgan fingerprint density at radius 2 is 1.58 bits per heavy atom. The van der Waals surface area contributed by atoms with Gasteiger partial charge in [0.1, 0.15) is 0 Å². The second-order valence-corrected chi connectivity index (χ2v) is 22.4. The zero-order chi connectivity index (χ0) is 23.1. The second kappa shape index (κ2) is 11.3. The van der Waals surface area contributed by atoms with Crippen LogP contribution < -0.4 is 3.58 Å². The Morgan fingerprint density at radius 3 is 2.15 bits per heavy atom. The Hall–Kier alpha value is -2.22. The van der Waals surface area contributed by atoms with E-state index in [1.165, 1.54) is 58.2 Å². The zero-order valence-corrected chi connectivity index (χ0v) is 23.1. The fourth-order valence-corrected chi connectivity index (χ4v) is 20.7. The molecule has 6 nitrogen and oxygen atoms in total. The summed E-state index contributed by atoms with van der Waals surface area (Å²) in [6.07, 6.45) is 17.7. The van der Waals surface area contributed by atoms with Gasteiger partial charge in [0, 0.05) is 0 Å². The van der Waals surface area contributed by atoms with Gasteiger partial charge in [0.05, 0.1) is 0 Å². The number of rotatable bonds is 12. The third-order valence-electron chi connectivity index (χ3n) is 6.79. The van der Waals surface area contributed by atoms with Gasteiger partial charge in [-0.05, 0) is 0 Å². The average Bonchev–Trinajstić information content (AvgIpc) is 3.54. The molecule has 0 radical (unpaired) electrons. The number of pyridine rings is 2. The summed E-state index contributed by atoms with van der Waals surface area (Å²) in [5.74, 6) is 0.754. The summed E-state index contributed by atoms with van der Waals surface area (Å²) in [4.78, 5) is 13.4. The summed E-state index contributed by atoms with van der Waals surface area (Å²) in [5, 5.41) is 4.15. The molecule has 0 saturated heterocycles. The van der Waals surface area contributed by atoms with Crippen LogP contribution in [0.5, 0.6) is 0 Å². The Morgan fingerprint density at radius 1 is 0.848 bits per heavy atom. The summed E-state index contributed by atoms with van der Waals surface area (Å²) in [7, 11) is 0. The van der Waals surface area contributed by atoms with Crippen molar-refractivity contribution in [3.05, 3.63) is 55.5 Å². The van der Waals surface area contributed by atoms with Crippen LogP contribution in [0, 0.1) is 0 Å². The molecule has 4 rings (SSSR count). The molecule has 0 aliphatic rings. The number of unbranched alkanes of at least 4 members (excludes halogenated alkanes) is 3. The summed E-state index contributed by atoms with van der Waals surface area (Å²) in [6, 6.07) is 8.68. The molecule has 7 heteroatoms. The van der Waals surface area contributed by atoms with E-state index in [-0.39, 0.29) is 0 Å². The number of nitrogens with zero attached hydrogens (tertiary/aromatic N) is 6. The molecule has 0 unspecified atom stereocenters. The first kappa shape index (κ1) is 23.9. The quantitative estimate of drug-likeness (QED) is 0.202. The molecule has 0 aliphatic carbocycles. The Labute approximate surface area is 201 Å². The van der Waals surface area contributed by atoms with Gasteiger partial charge < -0.3 is 0 Å². The first-order chi connectivity index (χ1) is 16.2. The number of aromatic nitrogens is 6. The molecule has 0 saturated carbocycles. The maximum atomic E-state index is 4.90. The van der Waals surface area contributed by atoms with Crippen molar-refractivity contribution in [2.75, 3.05) is 0 Å². The van der Waals surface area contributed by atoms with E-state index in [4.69, 9.17) is 4.98 Å². The van der Waals surface area contributed by atoms with Crippen molar-refractivity contribution in [3.63, 3.8) is 0 Å². The third kappa shape index (κ3) is 5.48. The molecule has 174 valence electrons. The van der Waals surface area contributed by atoms with E-state index in [1.54, 1.807) is 14.6 Å². The van der Waals surface area contributed by atoms with E-state index in [9.17, 15) is 0 Å². The number of hydrogen-bond acceptors (Lipinski definition) is 4. The van der Waals surface area contributed by atoms with E-state index in [1.807, 2.05) is 12.3 Å². The van der Waals surface area contributed by atoms with E-state index in [0.717, 1.165) is 22.7 Å². The molecule has 0 aliphatic heterocycles. The van der Waals surface area contributed by atoms with Crippen LogP contribution in [-0.4, -0.2) is 47.5 Å². The molecule has 0 aromatic carbocycles. The molecule has 0 spiro atoms. The number of imidazole rings is 1. The van der Waals surface area contributed by atoms with Gasteiger partial charge in [-0.25, -0.2) is 0 Å². The van der Waals surface area contributed by atoms with Crippen LogP contribution in [0.1, 0.15) is 59.3 Å². The molecule has 4 aromatic heterocycles. The standard InChI is InChI=1S/C14H9N6.3C4H9.Sn/c1-2-6-19-8-12(18-14(19)3-1)11-4-5-13(16-7-11)20-10-15-9-17-20;3*1-3-4-2;/h1,3-10H;3*1,3-4H2,2H3;. The fraction of sp³-hybridized carbons (Fsp3) is 0.462. The summed E-state index contributed by atoms with van der Waals surface area (Å²) < 4.78 is 10.0. The van der Waals surface area contributed by atoms with Crippen LogP contribution in [-0.2, 0) is 0 Å². The van der Waals surface area contributed by atoms with Gasteiger partial charge in [-0.1, -0.05) is 0 Å². The topological polar surface area (TPSA) is 60.9 Å². The molecule has 4 heterocycles. The molecule has 4 aromatic rings. The van der Waals surface area contributed by atoms with Crippen LogP contribution in [0.25, 0.3) is 22.7 Å². The van der Waals surface area contributed by atoms with Gasteiger partial charge in [-0.15, -0.1) is 0 Å². The molecule has 0 amide bonds. The third-order valence-corrected chi connectivity index (χ3v) is 22.3. The van der Waals surface area contributed by atoms with Crippen LogP contribution in [0.4, 0.5) is 0 Å². The monoisotopic (exact) mass is 552 g/mol. The van der Waals surface area contributed by atoms with Gasteiger partial charge >= 0.3 is 202 Å². The van der Waals surface area contributed by atoms with E-state index >= 15 is 0 Å². The summed E-state index contributed by atoms with van der Waals surface area (Å²) in [5.41, 5.74) is 2.99. The van der Waals surface area contributed by atoms with Crippen molar-refractivity contribution < 1.29 is 0 Å². The van der Waals surface area contributed by atoms with E-state index in [0.29, 0.717) is 0 Å². The summed E-state index contributed by atoms with van der Waals surface area (Å²) >= 11 is -2.46. The number of fused-ring (bicyclic) bond motifs is 1. The SMILES string of the molecule is CCC[CH2][Sn]([CH2]CCC)([CH2]CCC)[c]1ccc2nc(-c3ccc(-n4cncn4)nc3)cn2c1. The van der Waals surface area contributed by atoms with Crippen LogP contribution in [0.15, 0.2) is 55.5 Å². The van der Waals surface area contributed by atoms with E-state index in [2.05, 4.69) is 70.8 Å². The molecule has 0 atom stereocenters. The molecule has 33 heavy (non-hydrogen) atoms. The predicted octanol–water partition coefficient (Wildman–Crippen LogP) is 6.03. The van der Waals surface area contributed by atoms with Crippen LogP contribution in [0.3, 0.4) is 0 Å². The molecular weight excluding hydrogens is 515 g/mol. The minimum atomic E-state index is -2.46. The Kier molecular flexibility index (Phi) is 8.17. The molecular formula is C26H36N6Sn. The number of hydrogen-bond donors (Lipinski definition) is 0. The Bertz CT molecular complexity index is 1110. The molecule has 0 bridgehead atoms. The van der Waals surface area contributed by atoms with E-state index < -0.39 is 18.4 Å². The van der Waals surface area contributed by atoms with Gasteiger partial charge in [-0.3, -0.25) is 0 Å². The molecule has 0 fully saturated rings. The Balaban J connectivity index is 1.66. The normalized spacial score (nSPS) is 12.0. The van der Waals surface area contributed by atoms with Gasteiger partial charge in [-0.2, -0.15) is 0 Å². The van der Waals surface area contributed by atoms with Crippen molar-refractivity contribution in [1.82, 2.24) is 29.1 Å². The second-order valence-electron chi connectivity index (χ2n) is 9.15. The summed E-state index contributed by atoms with van der Waals surface area (Å²) in [6.45, 7) is 7.01. The van der Waals surface area contributed by atoms with Gasteiger partial charge in [0.25, 0.3) is 0 Å². The molecule has 0 N–H and O–H groups in total. The average molecular weight is 551 g/mol. The maximum absolute atomic E-state index is 4.90. The van der Waals surface area contributed by atoms with Crippen molar-refractivity contribution >= 4 is 27.6 Å². The first-order valence-electron chi connectivity index (χ1n) is 12.5. The minimum absolute atomic E-state index is 0.754. The van der Waals surface area contributed by atoms with Crippen molar-refractivity contribution in [3.8, 4) is 17.1 Å². The van der Waals surface area contributed by atoms with Crippen LogP contribution in [0.2, 0.25) is 13.3 Å². The fourth-order valence-electron chi connectivity index (χ4n) is 4.80. The van der Waals surface area contributed by atoms with Crippen molar-refractivity contribution in [2.45, 2.75) is 72.6 Å². The predicted molar refractivity (Wildman–Crippen MR) is 138 cm³/mol. The van der Waals surface area contributed by atoms with Gasteiger partial charge in [0.2, 0.25) is 0 Å². The zero-order valence-electron chi connectivity index (χ0n) is 20.2. The van der Waals surface area contributed by atoms with Crippen molar-refractivity contribution in [1.29, 1.82) is 0 Å². The van der Waals surface area contributed by atoms with Crippen LogP contribution >= 0.6 is 0 Å². The first-order valence-corrected chi connectivity index (χ1v) is 20.0. The van der Waals surface area contributed by atoms with Gasteiger partial charge in [0.15, 0.2) is 0 Å². The van der Waals surface area contributed by atoms with Crippen molar-refractivity contribution in [2.24, 2.45) is 0 Å².